The summed E-state index contributed by atoms with van der Waals surface area (Å²) in [4.78, 5) is 2.92. The van der Waals surface area contributed by atoms with Gasteiger partial charge < -0.3 is 0 Å². The molecule has 0 aliphatic rings. The van der Waals surface area contributed by atoms with Crippen molar-refractivity contribution in [1.29, 1.82) is 0 Å². The summed E-state index contributed by atoms with van der Waals surface area (Å²) in [6, 6.07) is 18.4. The molecule has 2 aromatic rings. The first-order valence-corrected chi connectivity index (χ1v) is 18.7. The van der Waals surface area contributed by atoms with Crippen molar-refractivity contribution in [3.05, 3.63) is 59.7 Å². The summed E-state index contributed by atoms with van der Waals surface area (Å²) in [5.41, 5.74) is 2.72. The SMILES string of the molecule is CC[CH](CC)[Ge]([CH2]Sc1ccc(C)cc1)([CH2]Sc1ccc(C)cc1)[CH](CC)CC. The molecule has 0 spiro atoms. The summed E-state index contributed by atoms with van der Waals surface area (Å²) in [7, 11) is 0. The third-order valence-electron chi connectivity index (χ3n) is 6.65. The number of hydrogen-bond donors (Lipinski definition) is 0. The van der Waals surface area contributed by atoms with Gasteiger partial charge in [0.1, 0.15) is 0 Å². The Morgan fingerprint density at radius 1 is 0.586 bits per heavy atom. The van der Waals surface area contributed by atoms with Crippen molar-refractivity contribution in [2.45, 2.75) is 86.5 Å². The Morgan fingerprint density at radius 3 is 1.17 bits per heavy atom. The van der Waals surface area contributed by atoms with Gasteiger partial charge in [-0.1, -0.05) is 0 Å². The molecule has 0 aliphatic carbocycles. The van der Waals surface area contributed by atoms with E-state index in [9.17, 15) is 0 Å². The predicted molar refractivity (Wildman–Crippen MR) is 138 cm³/mol. The molecule has 0 unspecified atom stereocenters. The first-order valence-electron chi connectivity index (χ1n) is 11.4. The molecule has 0 fully saturated rings. The Labute approximate surface area is 191 Å². The van der Waals surface area contributed by atoms with E-state index in [-0.39, 0.29) is 0 Å². The van der Waals surface area contributed by atoms with Crippen molar-refractivity contribution in [3.8, 4) is 0 Å². The van der Waals surface area contributed by atoms with Crippen molar-refractivity contribution in [2.24, 2.45) is 0 Å². The zero-order chi connectivity index (χ0) is 21.3. The first kappa shape index (κ1) is 24.9. The van der Waals surface area contributed by atoms with Gasteiger partial charge in [-0.3, -0.25) is 0 Å². The molecule has 0 N–H and O–H groups in total. The molecule has 29 heavy (non-hydrogen) atoms. The van der Waals surface area contributed by atoms with Crippen molar-refractivity contribution >= 4 is 36.8 Å². The summed E-state index contributed by atoms with van der Waals surface area (Å²) in [5, 5.41) is 0. The van der Waals surface area contributed by atoms with Crippen LogP contribution in [0.1, 0.15) is 64.5 Å². The zero-order valence-corrected chi connectivity index (χ0v) is 23.1. The van der Waals surface area contributed by atoms with E-state index in [2.05, 4.69) is 114 Å². The molecule has 2 rings (SSSR count). The van der Waals surface area contributed by atoms with Crippen LogP contribution in [0.5, 0.6) is 0 Å². The van der Waals surface area contributed by atoms with Crippen LogP contribution in [0.2, 0.25) is 9.50 Å². The fourth-order valence-electron chi connectivity index (χ4n) is 4.75. The van der Waals surface area contributed by atoms with Gasteiger partial charge in [0.05, 0.1) is 0 Å². The Morgan fingerprint density at radius 2 is 0.897 bits per heavy atom. The van der Waals surface area contributed by atoms with Gasteiger partial charge in [-0.05, 0) is 0 Å². The van der Waals surface area contributed by atoms with E-state index in [0.717, 1.165) is 9.50 Å². The van der Waals surface area contributed by atoms with Crippen molar-refractivity contribution in [1.82, 2.24) is 0 Å². The average Bonchev–Trinajstić information content (AvgIpc) is 2.74. The van der Waals surface area contributed by atoms with Crippen LogP contribution in [0.15, 0.2) is 58.3 Å². The second-order valence-corrected chi connectivity index (χ2v) is 22.8. The van der Waals surface area contributed by atoms with Gasteiger partial charge in [0.25, 0.3) is 0 Å². The van der Waals surface area contributed by atoms with Crippen LogP contribution in [0.4, 0.5) is 0 Å². The van der Waals surface area contributed by atoms with E-state index < -0.39 is 13.3 Å². The first-order chi connectivity index (χ1) is 14.0. The van der Waals surface area contributed by atoms with Gasteiger partial charge in [0, 0.05) is 0 Å². The Kier molecular flexibility index (Phi) is 10.8. The van der Waals surface area contributed by atoms with E-state index in [0.29, 0.717) is 0 Å². The van der Waals surface area contributed by atoms with Gasteiger partial charge in [-0.15, -0.1) is 0 Å². The van der Waals surface area contributed by atoms with Crippen LogP contribution in [0.25, 0.3) is 0 Å². The van der Waals surface area contributed by atoms with Crippen LogP contribution in [-0.2, 0) is 0 Å². The van der Waals surface area contributed by atoms with E-state index in [1.807, 2.05) is 0 Å². The molecular weight excluding hydrogens is 449 g/mol. The third-order valence-corrected chi connectivity index (χ3v) is 28.1. The zero-order valence-electron chi connectivity index (χ0n) is 19.3. The molecule has 0 amide bonds. The van der Waals surface area contributed by atoms with Gasteiger partial charge in [0.15, 0.2) is 0 Å². The van der Waals surface area contributed by atoms with Crippen LogP contribution in [0.3, 0.4) is 0 Å². The minimum atomic E-state index is -2.18. The summed E-state index contributed by atoms with van der Waals surface area (Å²) in [6.45, 7) is 14.2. The van der Waals surface area contributed by atoms with E-state index in [1.54, 1.807) is 0 Å². The molecule has 0 nitrogen and oxygen atoms in total. The van der Waals surface area contributed by atoms with Gasteiger partial charge in [-0.25, -0.2) is 0 Å². The standard InChI is InChI=1S/C26H40GeS2/c1-7-23(8-2)27(24(9-3)10-4,19-28-25-15-11-21(5)12-16-25)20-29-26-17-13-22(6)14-18-26/h11-18,23-24H,7-10,19-20H2,1-6H3. The minimum absolute atomic E-state index is 0.954. The Bertz CT molecular complexity index is 637. The molecule has 0 saturated carbocycles. The number of aryl methyl sites for hydroxylation is 2. The molecule has 0 bridgehead atoms. The van der Waals surface area contributed by atoms with Gasteiger partial charge >= 0.3 is 192 Å². The predicted octanol–water partition coefficient (Wildman–Crippen LogP) is 9.10. The molecule has 0 aromatic heterocycles. The number of rotatable bonds is 12. The van der Waals surface area contributed by atoms with Crippen LogP contribution in [0, 0.1) is 13.8 Å². The maximum atomic E-state index is 2.45. The van der Waals surface area contributed by atoms with Crippen molar-refractivity contribution in [2.75, 3.05) is 9.17 Å². The summed E-state index contributed by atoms with van der Waals surface area (Å²) in [5.74, 6) is 0. The van der Waals surface area contributed by atoms with Crippen LogP contribution < -0.4 is 0 Å². The van der Waals surface area contributed by atoms with E-state index in [4.69, 9.17) is 0 Å². The second kappa shape index (κ2) is 12.5. The molecular formula is C26H40GeS2. The fourth-order valence-corrected chi connectivity index (χ4v) is 28.8. The molecule has 0 radical (unpaired) electrons. The molecule has 0 saturated heterocycles. The fraction of sp³-hybridized carbons (Fsp3) is 0.538. The molecule has 3 heteroatoms. The number of benzene rings is 2. The monoisotopic (exact) mass is 490 g/mol. The van der Waals surface area contributed by atoms with Crippen molar-refractivity contribution in [3.63, 3.8) is 0 Å². The topological polar surface area (TPSA) is 0 Å². The van der Waals surface area contributed by atoms with E-state index in [1.165, 1.54) is 55.8 Å². The van der Waals surface area contributed by atoms with E-state index >= 15 is 0 Å². The molecule has 0 heterocycles. The second-order valence-electron chi connectivity index (χ2n) is 8.46. The molecule has 0 atom stereocenters. The van der Waals surface area contributed by atoms with Crippen molar-refractivity contribution < 1.29 is 0 Å². The number of thioether (sulfide) groups is 2. The average molecular weight is 489 g/mol. The van der Waals surface area contributed by atoms with Crippen LogP contribution >= 0.6 is 23.5 Å². The summed E-state index contributed by atoms with van der Waals surface area (Å²) < 4.78 is 4.72. The summed E-state index contributed by atoms with van der Waals surface area (Å²) >= 11 is 2.14. The Hall–Kier alpha value is -0.317. The van der Waals surface area contributed by atoms with Gasteiger partial charge in [0.2, 0.25) is 0 Å². The Balaban J connectivity index is 2.32. The quantitative estimate of drug-likeness (QED) is 0.215. The van der Waals surface area contributed by atoms with Gasteiger partial charge in [-0.2, -0.15) is 0 Å². The molecule has 0 aliphatic heterocycles. The number of hydrogen-bond acceptors (Lipinski definition) is 2. The summed E-state index contributed by atoms with van der Waals surface area (Å²) in [6.07, 6.45) is 5.43. The van der Waals surface area contributed by atoms with Crippen LogP contribution in [-0.4, -0.2) is 22.4 Å². The maximum absolute atomic E-state index is 2.45. The third kappa shape index (κ3) is 6.84. The molecule has 2 aromatic carbocycles. The molecule has 160 valence electrons. The normalized spacial score (nSPS) is 12.1.